The number of nitrogens with zero attached hydrogens (tertiary/aromatic N) is 3. The van der Waals surface area contributed by atoms with Gasteiger partial charge in [-0.15, -0.1) is 0 Å². The van der Waals surface area contributed by atoms with Crippen molar-refractivity contribution < 1.29 is 9.47 Å². The molecule has 0 bridgehead atoms. The fourth-order valence-electron chi connectivity index (χ4n) is 4.44. The van der Waals surface area contributed by atoms with Gasteiger partial charge in [0.2, 0.25) is 5.95 Å². The van der Waals surface area contributed by atoms with Crippen molar-refractivity contribution >= 4 is 22.7 Å². The zero-order valence-electron chi connectivity index (χ0n) is 19.4. The van der Waals surface area contributed by atoms with Crippen molar-refractivity contribution in [2.45, 2.75) is 44.3 Å². The van der Waals surface area contributed by atoms with E-state index in [1.807, 2.05) is 55.4 Å². The molecule has 1 aliphatic carbocycles. The predicted octanol–water partition coefficient (Wildman–Crippen LogP) is 4.23. The van der Waals surface area contributed by atoms with E-state index in [1.54, 1.807) is 14.2 Å². The molecule has 1 aromatic heterocycles. The lowest BCUT2D eigenvalue weighted by Gasteiger charge is -2.30. The molecule has 2 N–H and O–H groups in total. The second-order valence-corrected chi connectivity index (χ2v) is 8.50. The Morgan fingerprint density at radius 3 is 2.19 bits per heavy atom. The molecular formula is C25H33N5O2. The van der Waals surface area contributed by atoms with E-state index in [0.717, 1.165) is 66.0 Å². The van der Waals surface area contributed by atoms with Gasteiger partial charge < -0.3 is 25.0 Å². The first-order valence-electron chi connectivity index (χ1n) is 11.2. The normalized spacial score (nSPS) is 18.4. The summed E-state index contributed by atoms with van der Waals surface area (Å²) in [6.07, 6.45) is 4.36. The van der Waals surface area contributed by atoms with Gasteiger partial charge in [0.05, 0.1) is 19.7 Å². The summed E-state index contributed by atoms with van der Waals surface area (Å²) in [4.78, 5) is 11.6. The highest BCUT2D eigenvalue weighted by Gasteiger charge is 2.23. The second-order valence-electron chi connectivity index (χ2n) is 8.50. The van der Waals surface area contributed by atoms with Crippen LogP contribution in [0.3, 0.4) is 0 Å². The highest BCUT2D eigenvalue weighted by molar-refractivity contribution is 5.90. The van der Waals surface area contributed by atoms with Crippen molar-refractivity contribution in [1.29, 1.82) is 0 Å². The van der Waals surface area contributed by atoms with E-state index >= 15 is 0 Å². The van der Waals surface area contributed by atoms with Crippen molar-refractivity contribution in [3.63, 3.8) is 0 Å². The first-order valence-corrected chi connectivity index (χ1v) is 11.2. The van der Waals surface area contributed by atoms with Gasteiger partial charge in [-0.1, -0.05) is 18.2 Å². The van der Waals surface area contributed by atoms with Crippen LogP contribution in [0.5, 0.6) is 11.5 Å². The molecule has 1 heterocycles. The fourth-order valence-corrected chi connectivity index (χ4v) is 4.44. The maximum atomic E-state index is 5.52. The summed E-state index contributed by atoms with van der Waals surface area (Å²) in [5.74, 6) is 3.37. The summed E-state index contributed by atoms with van der Waals surface area (Å²) >= 11 is 0. The average Bonchev–Trinajstić information content (AvgIpc) is 2.82. The highest BCUT2D eigenvalue weighted by atomic mass is 16.5. The fraction of sp³-hybridized carbons (Fsp3) is 0.440. The Labute approximate surface area is 190 Å². The third-order valence-corrected chi connectivity index (χ3v) is 6.16. The molecule has 0 amide bonds. The maximum Gasteiger partial charge on any atom is 0.225 e. The van der Waals surface area contributed by atoms with Gasteiger partial charge >= 0.3 is 0 Å². The average molecular weight is 436 g/mol. The molecule has 7 heteroatoms. The number of methoxy groups -OCH3 is 2. The summed E-state index contributed by atoms with van der Waals surface area (Å²) in [5.41, 5.74) is 2.04. The van der Waals surface area contributed by atoms with Crippen LogP contribution < -0.4 is 25.0 Å². The smallest absolute Gasteiger partial charge is 0.225 e. The largest absolute Gasteiger partial charge is 0.496 e. The monoisotopic (exact) mass is 435 g/mol. The molecule has 1 fully saturated rings. The van der Waals surface area contributed by atoms with E-state index < -0.39 is 0 Å². The first-order chi connectivity index (χ1) is 15.6. The van der Waals surface area contributed by atoms with Crippen molar-refractivity contribution in [3.05, 3.63) is 48.0 Å². The Morgan fingerprint density at radius 2 is 1.53 bits per heavy atom. The van der Waals surface area contributed by atoms with Crippen LogP contribution in [0.15, 0.2) is 42.5 Å². The number of rotatable bonds is 8. The molecule has 4 rings (SSSR count). The van der Waals surface area contributed by atoms with Crippen LogP contribution >= 0.6 is 0 Å². The third kappa shape index (κ3) is 4.88. The van der Waals surface area contributed by atoms with Gasteiger partial charge in [-0.25, -0.2) is 4.98 Å². The van der Waals surface area contributed by atoms with Crippen molar-refractivity contribution in [1.82, 2.24) is 15.3 Å². The van der Waals surface area contributed by atoms with Crippen LogP contribution in [0, 0.1) is 0 Å². The number of ether oxygens (including phenoxy) is 2. The number of aromatic nitrogens is 2. The molecule has 0 spiro atoms. The van der Waals surface area contributed by atoms with Crippen LogP contribution in [-0.4, -0.2) is 50.4 Å². The van der Waals surface area contributed by atoms with Crippen molar-refractivity contribution in [3.8, 4) is 11.5 Å². The standard InChI is InChI=1S/C25H33N5O2/c1-30(2)24-19-8-5-6-9-21(19)28-25(29-24)27-18-14-12-17(13-15-18)26-16-20-22(31-3)10-7-11-23(20)32-4/h5-11,17-18,26H,12-16H2,1-4H3,(H,27,28,29). The quantitative estimate of drug-likeness (QED) is 0.549. The third-order valence-electron chi connectivity index (χ3n) is 6.16. The van der Waals surface area contributed by atoms with Gasteiger partial charge in [-0.3, -0.25) is 0 Å². The molecule has 7 nitrogen and oxygen atoms in total. The zero-order chi connectivity index (χ0) is 22.5. The van der Waals surface area contributed by atoms with Crippen molar-refractivity contribution in [2.75, 3.05) is 38.5 Å². The second kappa shape index (κ2) is 10.0. The van der Waals surface area contributed by atoms with Gasteiger partial charge in [-0.05, 0) is 49.9 Å². The summed E-state index contributed by atoms with van der Waals surface area (Å²) in [7, 11) is 7.44. The number of anilines is 2. The molecule has 0 aliphatic heterocycles. The molecule has 0 radical (unpaired) electrons. The zero-order valence-corrected chi connectivity index (χ0v) is 19.4. The summed E-state index contributed by atoms with van der Waals surface area (Å²) in [5, 5.41) is 8.35. The van der Waals surface area contributed by atoms with E-state index in [4.69, 9.17) is 19.4 Å². The maximum absolute atomic E-state index is 5.52. The van der Waals surface area contributed by atoms with Gasteiger partial charge in [0.15, 0.2) is 0 Å². The van der Waals surface area contributed by atoms with Crippen LogP contribution in [0.1, 0.15) is 31.2 Å². The molecular weight excluding hydrogens is 402 g/mol. The molecule has 1 aliphatic rings. The Kier molecular flexibility index (Phi) is 6.95. The van der Waals surface area contributed by atoms with Gasteiger partial charge in [0.25, 0.3) is 0 Å². The minimum Gasteiger partial charge on any atom is -0.496 e. The molecule has 1 saturated carbocycles. The number of hydrogen-bond acceptors (Lipinski definition) is 7. The lowest BCUT2D eigenvalue weighted by molar-refractivity contribution is 0.341. The Morgan fingerprint density at radius 1 is 0.875 bits per heavy atom. The van der Waals surface area contributed by atoms with Gasteiger partial charge in [-0.2, -0.15) is 4.98 Å². The molecule has 3 aromatic rings. The molecule has 0 unspecified atom stereocenters. The molecule has 0 saturated heterocycles. The lowest BCUT2D eigenvalue weighted by Crippen LogP contribution is -2.37. The number of fused-ring (bicyclic) bond motifs is 1. The van der Waals surface area contributed by atoms with Gasteiger partial charge in [0, 0.05) is 43.7 Å². The Bertz CT molecular complexity index is 1030. The number of para-hydroxylation sites is 1. The van der Waals surface area contributed by atoms with Crippen LogP contribution in [0.2, 0.25) is 0 Å². The van der Waals surface area contributed by atoms with E-state index in [9.17, 15) is 0 Å². The van der Waals surface area contributed by atoms with E-state index in [0.29, 0.717) is 18.0 Å². The highest BCUT2D eigenvalue weighted by Crippen LogP contribution is 2.30. The van der Waals surface area contributed by atoms with Crippen LogP contribution in [0.4, 0.5) is 11.8 Å². The number of benzene rings is 2. The molecule has 2 aromatic carbocycles. The number of nitrogens with one attached hydrogen (secondary N) is 2. The minimum atomic E-state index is 0.380. The van der Waals surface area contributed by atoms with Crippen LogP contribution in [0.25, 0.3) is 10.9 Å². The summed E-state index contributed by atoms with van der Waals surface area (Å²) in [6, 6.07) is 14.9. The minimum absolute atomic E-state index is 0.380. The molecule has 32 heavy (non-hydrogen) atoms. The van der Waals surface area contributed by atoms with E-state index in [1.165, 1.54) is 0 Å². The van der Waals surface area contributed by atoms with E-state index in [-0.39, 0.29) is 0 Å². The summed E-state index contributed by atoms with van der Waals surface area (Å²) < 4.78 is 11.0. The lowest BCUT2D eigenvalue weighted by atomic mass is 9.91. The van der Waals surface area contributed by atoms with Gasteiger partial charge in [0.1, 0.15) is 17.3 Å². The predicted molar refractivity (Wildman–Crippen MR) is 130 cm³/mol. The Balaban J connectivity index is 1.36. The SMILES string of the molecule is COc1cccc(OC)c1CNC1CCC(Nc2nc(N(C)C)c3ccccc3n2)CC1. The first kappa shape index (κ1) is 22.1. The molecule has 170 valence electrons. The number of hydrogen-bond donors (Lipinski definition) is 2. The van der Waals surface area contributed by atoms with E-state index in [2.05, 4.69) is 16.7 Å². The van der Waals surface area contributed by atoms with Crippen LogP contribution in [-0.2, 0) is 6.54 Å². The topological polar surface area (TPSA) is 71.5 Å². The molecule has 0 atom stereocenters. The van der Waals surface area contributed by atoms with Crippen molar-refractivity contribution in [2.24, 2.45) is 0 Å². The summed E-state index contributed by atoms with van der Waals surface area (Å²) in [6.45, 7) is 0.732. The Hall–Kier alpha value is -3.06.